The molecule has 2 aromatic rings. The van der Waals surface area contributed by atoms with Crippen LogP contribution < -0.4 is 16.0 Å². The maximum absolute atomic E-state index is 5.32. The second kappa shape index (κ2) is 4.87. The minimum absolute atomic E-state index is 0. The molecule has 15 heavy (non-hydrogen) atoms. The zero-order valence-corrected chi connectivity index (χ0v) is 9.17. The minimum Gasteiger partial charge on any atom is -0.497 e. The molecule has 0 unspecified atom stereocenters. The van der Waals surface area contributed by atoms with Crippen LogP contribution in [0.25, 0.3) is 10.8 Å². The van der Waals surface area contributed by atoms with Crippen molar-refractivity contribution < 1.29 is 4.74 Å². The van der Waals surface area contributed by atoms with E-state index in [0.717, 1.165) is 22.2 Å². The normalized spacial score (nSPS) is 9.47. The van der Waals surface area contributed by atoms with Crippen LogP contribution in [0.5, 0.6) is 5.75 Å². The van der Waals surface area contributed by atoms with E-state index in [4.69, 9.17) is 10.6 Å². The van der Waals surface area contributed by atoms with Gasteiger partial charge in [-0.15, -0.1) is 12.4 Å². The molecule has 0 radical (unpaired) electrons. The van der Waals surface area contributed by atoms with Crippen molar-refractivity contribution >= 4 is 28.9 Å². The number of hydrogen-bond donors (Lipinski definition) is 2. The highest BCUT2D eigenvalue weighted by molar-refractivity contribution is 5.86. The highest BCUT2D eigenvalue weighted by Gasteiger charge is 1.97. The minimum atomic E-state index is 0. The molecule has 4 heteroatoms. The molecule has 80 valence electrons. The molecule has 0 bridgehead atoms. The Bertz CT molecular complexity index is 416. The van der Waals surface area contributed by atoms with E-state index in [1.807, 2.05) is 36.4 Å². The van der Waals surface area contributed by atoms with Crippen LogP contribution in [-0.4, -0.2) is 7.11 Å². The lowest BCUT2D eigenvalue weighted by Crippen LogP contribution is -2.06. The maximum Gasteiger partial charge on any atom is 0.119 e. The van der Waals surface area contributed by atoms with Gasteiger partial charge in [0, 0.05) is 5.69 Å². The number of methoxy groups -OCH3 is 1. The molecule has 0 saturated carbocycles. The summed E-state index contributed by atoms with van der Waals surface area (Å²) in [7, 11) is 1.66. The summed E-state index contributed by atoms with van der Waals surface area (Å²) in [5.74, 6) is 6.19. The SMILES string of the molecule is COc1ccc2cc(NN)ccc2c1.Cl. The predicted molar refractivity (Wildman–Crippen MR) is 65.6 cm³/mol. The monoisotopic (exact) mass is 224 g/mol. The molecule has 0 amide bonds. The fraction of sp³-hybridized carbons (Fsp3) is 0.0909. The standard InChI is InChI=1S/C11H12N2O.ClH/c1-14-11-5-3-8-6-10(13-12)4-2-9(8)7-11;/h2-7,13H,12H2,1H3;1H. The van der Waals surface area contributed by atoms with Crippen molar-refractivity contribution in [2.45, 2.75) is 0 Å². The summed E-state index contributed by atoms with van der Waals surface area (Å²) in [5.41, 5.74) is 3.52. The van der Waals surface area contributed by atoms with Crippen molar-refractivity contribution in [2.24, 2.45) is 5.84 Å². The van der Waals surface area contributed by atoms with Gasteiger partial charge in [-0.25, -0.2) is 0 Å². The van der Waals surface area contributed by atoms with Crippen LogP contribution in [0.2, 0.25) is 0 Å². The second-order valence-corrected chi connectivity index (χ2v) is 3.07. The van der Waals surface area contributed by atoms with Crippen molar-refractivity contribution in [3.63, 3.8) is 0 Å². The Morgan fingerprint density at radius 2 is 1.73 bits per heavy atom. The quantitative estimate of drug-likeness (QED) is 0.609. The molecule has 3 N–H and O–H groups in total. The van der Waals surface area contributed by atoms with E-state index in [0.29, 0.717) is 0 Å². The molecular weight excluding hydrogens is 212 g/mol. The summed E-state index contributed by atoms with van der Waals surface area (Å²) in [6.07, 6.45) is 0. The Kier molecular flexibility index (Phi) is 3.77. The number of halogens is 1. The molecule has 3 nitrogen and oxygen atoms in total. The number of fused-ring (bicyclic) bond motifs is 1. The number of ether oxygens (including phenoxy) is 1. The average Bonchev–Trinajstić information content (AvgIpc) is 2.27. The molecule has 0 saturated heterocycles. The van der Waals surface area contributed by atoms with E-state index < -0.39 is 0 Å². The third-order valence-electron chi connectivity index (χ3n) is 2.21. The number of nitrogens with one attached hydrogen (secondary N) is 1. The van der Waals surface area contributed by atoms with Crippen molar-refractivity contribution in [1.82, 2.24) is 0 Å². The fourth-order valence-corrected chi connectivity index (χ4v) is 1.44. The number of nitrogens with two attached hydrogens (primary N) is 1. The van der Waals surface area contributed by atoms with Crippen LogP contribution in [0.4, 0.5) is 5.69 Å². The first-order valence-electron chi connectivity index (χ1n) is 4.38. The van der Waals surface area contributed by atoms with Gasteiger partial charge >= 0.3 is 0 Å². The summed E-state index contributed by atoms with van der Waals surface area (Å²) < 4.78 is 5.14. The van der Waals surface area contributed by atoms with Crippen LogP contribution in [0, 0.1) is 0 Å². The predicted octanol–water partition coefficient (Wildman–Crippen LogP) is 2.56. The third kappa shape index (κ3) is 2.32. The largest absolute Gasteiger partial charge is 0.497 e. The Hall–Kier alpha value is -1.45. The number of hydrazine groups is 1. The topological polar surface area (TPSA) is 47.3 Å². The maximum atomic E-state index is 5.32. The number of anilines is 1. The molecule has 0 aliphatic rings. The smallest absolute Gasteiger partial charge is 0.119 e. The Labute approximate surface area is 94.6 Å². The molecular formula is C11H13ClN2O. The second-order valence-electron chi connectivity index (χ2n) is 3.07. The number of nitrogen functional groups attached to an aromatic ring is 1. The Morgan fingerprint density at radius 1 is 1.07 bits per heavy atom. The molecule has 0 fully saturated rings. The zero-order chi connectivity index (χ0) is 9.97. The summed E-state index contributed by atoms with van der Waals surface area (Å²) in [4.78, 5) is 0. The first kappa shape index (κ1) is 11.6. The van der Waals surface area contributed by atoms with Crippen molar-refractivity contribution in [3.8, 4) is 5.75 Å². The van der Waals surface area contributed by atoms with Gasteiger partial charge in [0.15, 0.2) is 0 Å². The number of rotatable bonds is 2. The lowest BCUT2D eigenvalue weighted by atomic mass is 10.1. The molecule has 0 heterocycles. The van der Waals surface area contributed by atoms with Gasteiger partial charge in [-0.05, 0) is 35.0 Å². The van der Waals surface area contributed by atoms with Gasteiger partial charge < -0.3 is 10.2 Å². The zero-order valence-electron chi connectivity index (χ0n) is 8.36. The summed E-state index contributed by atoms with van der Waals surface area (Å²) in [5, 5.41) is 2.28. The van der Waals surface area contributed by atoms with Crippen LogP contribution in [-0.2, 0) is 0 Å². The van der Waals surface area contributed by atoms with Crippen LogP contribution in [0.3, 0.4) is 0 Å². The van der Waals surface area contributed by atoms with Crippen LogP contribution in [0.15, 0.2) is 36.4 Å². The molecule has 0 spiro atoms. The Morgan fingerprint density at radius 3 is 2.40 bits per heavy atom. The molecule has 2 aromatic carbocycles. The van der Waals surface area contributed by atoms with Gasteiger partial charge in [0.1, 0.15) is 5.75 Å². The molecule has 0 atom stereocenters. The van der Waals surface area contributed by atoms with Gasteiger partial charge in [-0.1, -0.05) is 12.1 Å². The summed E-state index contributed by atoms with van der Waals surface area (Å²) >= 11 is 0. The van der Waals surface area contributed by atoms with Gasteiger partial charge in [0.2, 0.25) is 0 Å². The van der Waals surface area contributed by atoms with Gasteiger partial charge in [0.25, 0.3) is 0 Å². The van der Waals surface area contributed by atoms with E-state index in [1.54, 1.807) is 7.11 Å². The highest BCUT2D eigenvalue weighted by atomic mass is 35.5. The molecule has 0 aliphatic heterocycles. The van der Waals surface area contributed by atoms with Crippen LogP contribution >= 0.6 is 12.4 Å². The van der Waals surface area contributed by atoms with E-state index in [9.17, 15) is 0 Å². The summed E-state index contributed by atoms with van der Waals surface area (Å²) in [6.45, 7) is 0. The van der Waals surface area contributed by atoms with Crippen molar-refractivity contribution in [2.75, 3.05) is 12.5 Å². The highest BCUT2D eigenvalue weighted by Crippen LogP contribution is 2.23. The molecule has 0 aliphatic carbocycles. The van der Waals surface area contributed by atoms with E-state index in [-0.39, 0.29) is 12.4 Å². The fourth-order valence-electron chi connectivity index (χ4n) is 1.44. The van der Waals surface area contributed by atoms with E-state index in [1.165, 1.54) is 0 Å². The summed E-state index contributed by atoms with van der Waals surface area (Å²) in [6, 6.07) is 11.9. The first-order valence-corrected chi connectivity index (χ1v) is 4.38. The lowest BCUT2D eigenvalue weighted by molar-refractivity contribution is 0.415. The number of benzene rings is 2. The van der Waals surface area contributed by atoms with Gasteiger partial charge in [-0.2, -0.15) is 0 Å². The number of hydrogen-bond acceptors (Lipinski definition) is 3. The van der Waals surface area contributed by atoms with Gasteiger partial charge in [-0.3, -0.25) is 5.84 Å². The van der Waals surface area contributed by atoms with E-state index >= 15 is 0 Å². The van der Waals surface area contributed by atoms with Crippen LogP contribution in [0.1, 0.15) is 0 Å². The molecule has 2 rings (SSSR count). The Balaban J connectivity index is 0.00000112. The van der Waals surface area contributed by atoms with E-state index in [2.05, 4.69) is 5.43 Å². The third-order valence-corrected chi connectivity index (χ3v) is 2.21. The van der Waals surface area contributed by atoms with Crippen molar-refractivity contribution in [1.29, 1.82) is 0 Å². The lowest BCUT2D eigenvalue weighted by Gasteiger charge is -2.04. The molecule has 0 aromatic heterocycles. The first-order chi connectivity index (χ1) is 6.83. The van der Waals surface area contributed by atoms with Crippen molar-refractivity contribution in [3.05, 3.63) is 36.4 Å². The van der Waals surface area contributed by atoms with Gasteiger partial charge in [0.05, 0.1) is 7.11 Å². The average molecular weight is 225 g/mol.